The van der Waals surface area contributed by atoms with Gasteiger partial charge in [-0.15, -0.1) is 35.0 Å². The number of hydrogen-bond donors (Lipinski definition) is 1. The molecule has 1 aliphatic rings. The first kappa shape index (κ1) is 19.4. The summed E-state index contributed by atoms with van der Waals surface area (Å²) in [5.41, 5.74) is 2.15. The van der Waals surface area contributed by atoms with Gasteiger partial charge in [-0.3, -0.25) is 4.68 Å². The zero-order valence-corrected chi connectivity index (χ0v) is 15.6. The highest BCUT2D eigenvalue weighted by molar-refractivity contribution is 5.85. The smallest absolute Gasteiger partial charge is 0.160 e. The SMILES string of the molecule is CCn1cnnc1CCn1ccnc1-c1cc2n(n1)CCNC2.Cl.Cl. The van der Waals surface area contributed by atoms with Crippen LogP contribution in [0.1, 0.15) is 18.4 Å². The summed E-state index contributed by atoms with van der Waals surface area (Å²) in [6.45, 7) is 6.55. The Hall–Kier alpha value is -1.90. The lowest BCUT2D eigenvalue weighted by Gasteiger charge is -2.13. The van der Waals surface area contributed by atoms with Crippen LogP contribution in [0.4, 0.5) is 0 Å². The van der Waals surface area contributed by atoms with Gasteiger partial charge in [-0.1, -0.05) is 0 Å². The van der Waals surface area contributed by atoms with Crippen LogP contribution in [-0.2, 0) is 32.6 Å². The standard InChI is InChI=1S/C15H20N8.2ClH/c1-2-21-11-18-19-14(21)3-6-22-7-5-17-15(22)13-9-12-10-16-4-8-23(12)20-13;;/h5,7,9,11,16H,2-4,6,8,10H2,1H3;2*1H. The third kappa shape index (κ3) is 3.86. The van der Waals surface area contributed by atoms with Gasteiger partial charge in [0.2, 0.25) is 0 Å². The summed E-state index contributed by atoms with van der Waals surface area (Å²) < 4.78 is 6.27. The Morgan fingerprint density at radius 3 is 2.92 bits per heavy atom. The zero-order valence-electron chi connectivity index (χ0n) is 14.0. The number of fused-ring (bicyclic) bond motifs is 1. The summed E-state index contributed by atoms with van der Waals surface area (Å²) in [5.74, 6) is 1.91. The molecule has 0 amide bonds. The first-order valence-corrected chi connectivity index (χ1v) is 8.01. The fourth-order valence-corrected chi connectivity index (χ4v) is 2.98. The Bertz CT molecular complexity index is 783. The van der Waals surface area contributed by atoms with Gasteiger partial charge in [0.25, 0.3) is 0 Å². The number of aryl methyl sites for hydroxylation is 3. The van der Waals surface area contributed by atoms with Crippen LogP contribution in [0.3, 0.4) is 0 Å². The highest BCUT2D eigenvalue weighted by Gasteiger charge is 2.16. The van der Waals surface area contributed by atoms with Crippen LogP contribution in [0.25, 0.3) is 11.5 Å². The highest BCUT2D eigenvalue weighted by atomic mass is 35.5. The predicted molar refractivity (Wildman–Crippen MR) is 99.1 cm³/mol. The Labute approximate surface area is 158 Å². The maximum absolute atomic E-state index is 4.69. The molecule has 0 atom stereocenters. The highest BCUT2D eigenvalue weighted by Crippen LogP contribution is 2.19. The molecule has 0 saturated carbocycles. The minimum atomic E-state index is 0. The Morgan fingerprint density at radius 2 is 2.12 bits per heavy atom. The van der Waals surface area contributed by atoms with Crippen LogP contribution < -0.4 is 5.32 Å². The second kappa shape index (κ2) is 8.46. The minimum absolute atomic E-state index is 0. The molecule has 0 fully saturated rings. The predicted octanol–water partition coefficient (Wildman–Crippen LogP) is 1.55. The molecule has 1 N–H and O–H groups in total. The molecule has 4 rings (SSSR count). The molecule has 0 aromatic carbocycles. The average Bonchev–Trinajstić information content (AvgIpc) is 3.30. The van der Waals surface area contributed by atoms with E-state index in [1.807, 2.05) is 12.4 Å². The second-order valence-electron chi connectivity index (χ2n) is 5.65. The molecular formula is C15H22Cl2N8. The lowest BCUT2D eigenvalue weighted by molar-refractivity contribution is 0.476. The van der Waals surface area contributed by atoms with Crippen molar-refractivity contribution in [3.05, 3.63) is 36.3 Å². The number of nitrogens with zero attached hydrogens (tertiary/aromatic N) is 7. The average molecular weight is 385 g/mol. The molecule has 25 heavy (non-hydrogen) atoms. The number of nitrogens with one attached hydrogen (secondary N) is 1. The van der Waals surface area contributed by atoms with E-state index in [1.54, 1.807) is 6.33 Å². The summed E-state index contributed by atoms with van der Waals surface area (Å²) in [5, 5.41) is 16.2. The van der Waals surface area contributed by atoms with Crippen molar-refractivity contribution >= 4 is 24.8 Å². The fourth-order valence-electron chi connectivity index (χ4n) is 2.98. The molecule has 8 nitrogen and oxygen atoms in total. The van der Waals surface area contributed by atoms with Crippen molar-refractivity contribution < 1.29 is 0 Å². The van der Waals surface area contributed by atoms with E-state index in [1.165, 1.54) is 5.69 Å². The van der Waals surface area contributed by atoms with E-state index >= 15 is 0 Å². The van der Waals surface area contributed by atoms with Gasteiger partial charge in [-0.2, -0.15) is 5.10 Å². The fraction of sp³-hybridized carbons (Fsp3) is 0.467. The Balaban J connectivity index is 0.00000113. The van der Waals surface area contributed by atoms with E-state index in [0.717, 1.165) is 56.5 Å². The number of rotatable bonds is 5. The van der Waals surface area contributed by atoms with Gasteiger partial charge < -0.3 is 14.5 Å². The largest absolute Gasteiger partial charge is 0.329 e. The maximum atomic E-state index is 4.69. The molecule has 1 aliphatic heterocycles. The molecular weight excluding hydrogens is 363 g/mol. The molecule has 10 heteroatoms. The molecule has 0 radical (unpaired) electrons. The molecule has 0 saturated heterocycles. The summed E-state index contributed by atoms with van der Waals surface area (Å²) in [7, 11) is 0. The number of hydrogen-bond acceptors (Lipinski definition) is 5. The first-order chi connectivity index (χ1) is 11.3. The van der Waals surface area contributed by atoms with E-state index < -0.39 is 0 Å². The summed E-state index contributed by atoms with van der Waals surface area (Å²) in [4.78, 5) is 4.50. The van der Waals surface area contributed by atoms with Crippen molar-refractivity contribution in [2.45, 2.75) is 39.5 Å². The maximum Gasteiger partial charge on any atom is 0.160 e. The summed E-state index contributed by atoms with van der Waals surface area (Å²) in [6.07, 6.45) is 6.43. The topological polar surface area (TPSA) is 78.4 Å². The van der Waals surface area contributed by atoms with E-state index in [9.17, 15) is 0 Å². The quantitative estimate of drug-likeness (QED) is 0.721. The van der Waals surface area contributed by atoms with Crippen molar-refractivity contribution in [2.75, 3.05) is 6.54 Å². The molecule has 0 bridgehead atoms. The molecule has 0 unspecified atom stereocenters. The molecule has 4 heterocycles. The van der Waals surface area contributed by atoms with E-state index in [2.05, 4.69) is 47.3 Å². The van der Waals surface area contributed by atoms with Crippen molar-refractivity contribution in [1.82, 2.24) is 39.4 Å². The van der Waals surface area contributed by atoms with Crippen LogP contribution in [0, 0.1) is 0 Å². The molecule has 0 spiro atoms. The summed E-state index contributed by atoms with van der Waals surface area (Å²) >= 11 is 0. The molecule has 3 aromatic heterocycles. The van der Waals surface area contributed by atoms with Crippen LogP contribution in [-0.4, -0.2) is 40.6 Å². The van der Waals surface area contributed by atoms with Gasteiger partial charge in [-0.25, -0.2) is 4.98 Å². The van der Waals surface area contributed by atoms with Gasteiger partial charge in [-0.05, 0) is 13.0 Å². The Morgan fingerprint density at radius 1 is 1.24 bits per heavy atom. The normalized spacial score (nSPS) is 13.0. The van der Waals surface area contributed by atoms with Crippen LogP contribution in [0.15, 0.2) is 24.8 Å². The minimum Gasteiger partial charge on any atom is -0.329 e. The lowest BCUT2D eigenvalue weighted by atomic mass is 10.3. The van der Waals surface area contributed by atoms with Gasteiger partial charge in [0.05, 0.1) is 12.2 Å². The summed E-state index contributed by atoms with van der Waals surface area (Å²) in [6, 6.07) is 2.12. The molecule has 3 aromatic rings. The third-order valence-electron chi connectivity index (χ3n) is 4.23. The number of halogens is 2. The van der Waals surface area contributed by atoms with Gasteiger partial charge >= 0.3 is 0 Å². The third-order valence-corrected chi connectivity index (χ3v) is 4.23. The zero-order chi connectivity index (χ0) is 15.6. The Kier molecular flexibility index (Phi) is 6.57. The van der Waals surface area contributed by atoms with Crippen molar-refractivity contribution in [3.8, 4) is 11.5 Å². The molecule has 0 aliphatic carbocycles. The van der Waals surface area contributed by atoms with Crippen LogP contribution in [0.5, 0.6) is 0 Å². The lowest BCUT2D eigenvalue weighted by Crippen LogP contribution is -2.28. The van der Waals surface area contributed by atoms with Crippen molar-refractivity contribution in [1.29, 1.82) is 0 Å². The first-order valence-electron chi connectivity index (χ1n) is 8.01. The van der Waals surface area contributed by atoms with Gasteiger partial charge in [0.15, 0.2) is 5.82 Å². The molecule has 136 valence electrons. The van der Waals surface area contributed by atoms with Crippen molar-refractivity contribution in [2.24, 2.45) is 0 Å². The number of imidazole rings is 1. The van der Waals surface area contributed by atoms with E-state index in [-0.39, 0.29) is 24.8 Å². The van der Waals surface area contributed by atoms with Gasteiger partial charge in [0, 0.05) is 45.0 Å². The number of aromatic nitrogens is 7. The van der Waals surface area contributed by atoms with Gasteiger partial charge in [0.1, 0.15) is 17.8 Å². The van der Waals surface area contributed by atoms with Crippen LogP contribution >= 0.6 is 24.8 Å². The van der Waals surface area contributed by atoms with Crippen LogP contribution in [0.2, 0.25) is 0 Å². The monoisotopic (exact) mass is 384 g/mol. The second-order valence-corrected chi connectivity index (χ2v) is 5.65. The van der Waals surface area contributed by atoms with Crippen molar-refractivity contribution in [3.63, 3.8) is 0 Å². The van der Waals surface area contributed by atoms with E-state index in [0.29, 0.717) is 0 Å². The van der Waals surface area contributed by atoms with E-state index in [4.69, 9.17) is 5.10 Å².